The van der Waals surface area contributed by atoms with Crippen molar-refractivity contribution < 1.29 is 13.3 Å². The third-order valence-corrected chi connectivity index (χ3v) is 6.90. The van der Waals surface area contributed by atoms with Gasteiger partial charge in [-0.05, 0) is 58.0 Å². The molecule has 3 aromatic carbocycles. The van der Waals surface area contributed by atoms with Crippen LogP contribution in [0.3, 0.4) is 0 Å². The Morgan fingerprint density at radius 1 is 0.704 bits per heavy atom. The van der Waals surface area contributed by atoms with Crippen LogP contribution in [0.1, 0.15) is 5.56 Å². The van der Waals surface area contributed by atoms with Gasteiger partial charge in [0.25, 0.3) is 0 Å². The molecule has 0 saturated carbocycles. The van der Waals surface area contributed by atoms with E-state index in [0.29, 0.717) is 19.8 Å². The minimum Gasteiger partial charge on any atom is -0.268 e. The second-order valence-corrected chi connectivity index (χ2v) is 9.10. The quantitative estimate of drug-likeness (QED) is 0.476. The number of rotatable bonds is 7. The highest BCUT2D eigenvalue weighted by atomic mass is 35.5. The number of hydrogen-bond acceptors (Lipinski definition) is 3. The zero-order chi connectivity index (χ0) is 19.2. The maximum atomic E-state index is 13.0. The Kier molecular flexibility index (Phi) is 7.18. The van der Waals surface area contributed by atoms with Gasteiger partial charge >= 0.3 is 0 Å². The van der Waals surface area contributed by atoms with Crippen molar-refractivity contribution in [3.8, 4) is 0 Å². The Balaban J connectivity index is 1.87. The molecule has 0 saturated heterocycles. The largest absolute Gasteiger partial charge is 0.268 e. The van der Waals surface area contributed by atoms with E-state index in [1.807, 2.05) is 30.3 Å². The first kappa shape index (κ1) is 20.2. The van der Waals surface area contributed by atoms with Gasteiger partial charge in [-0.3, -0.25) is 4.84 Å². The minimum absolute atomic E-state index is 0.125. The zero-order valence-electron chi connectivity index (χ0n) is 14.0. The molecule has 0 bridgehead atoms. The maximum Gasteiger partial charge on any atom is 0.164 e. The molecule has 3 aromatic rings. The van der Waals surface area contributed by atoms with Gasteiger partial charge in [0.15, 0.2) is 22.0 Å². The Morgan fingerprint density at radius 3 is 1.59 bits per heavy atom. The predicted octanol–water partition coefficient (Wildman–Crippen LogP) is 5.17. The van der Waals surface area contributed by atoms with Crippen LogP contribution < -0.4 is 0 Å². The highest BCUT2D eigenvalue weighted by molar-refractivity contribution is 7.97. The molecule has 0 aromatic heterocycles. The van der Waals surface area contributed by atoms with E-state index in [2.05, 4.69) is 0 Å². The summed E-state index contributed by atoms with van der Waals surface area (Å²) >= 11 is 11.8. The fraction of sp³-hybridized carbons (Fsp3) is 0.0526. The molecule has 0 amide bonds. The number of hydrogen-bond donors (Lipinski definition) is 0. The van der Waals surface area contributed by atoms with Crippen molar-refractivity contribution >= 4 is 45.2 Å². The first-order chi connectivity index (χ1) is 13.0. The molecular weight excluding hydrogens is 425 g/mol. The summed E-state index contributed by atoms with van der Waals surface area (Å²) in [6.07, 6.45) is 0. The van der Waals surface area contributed by atoms with E-state index in [9.17, 15) is 8.42 Å². The molecule has 2 atom stereocenters. The van der Waals surface area contributed by atoms with E-state index in [4.69, 9.17) is 28.0 Å². The molecule has 8 heteroatoms. The van der Waals surface area contributed by atoms with Crippen LogP contribution in [0.4, 0.5) is 0 Å². The smallest absolute Gasteiger partial charge is 0.164 e. The first-order valence-electron chi connectivity index (χ1n) is 7.86. The SMILES string of the molecule is O=S(c1ccc(Cl)cc1)N(OCc1ccccc1)S(=O)c1ccc(Cl)cc1. The lowest BCUT2D eigenvalue weighted by molar-refractivity contribution is -0.0199. The van der Waals surface area contributed by atoms with E-state index in [1.165, 1.54) is 0 Å². The molecule has 2 unspecified atom stereocenters. The van der Waals surface area contributed by atoms with Gasteiger partial charge in [0.05, 0.1) is 16.4 Å². The lowest BCUT2D eigenvalue weighted by Gasteiger charge is -2.19. The van der Waals surface area contributed by atoms with Crippen molar-refractivity contribution in [1.82, 2.24) is 3.87 Å². The van der Waals surface area contributed by atoms with Gasteiger partial charge in [-0.1, -0.05) is 53.5 Å². The van der Waals surface area contributed by atoms with Crippen LogP contribution in [0.5, 0.6) is 0 Å². The first-order valence-corrected chi connectivity index (χ1v) is 10.8. The molecule has 0 aliphatic carbocycles. The number of benzene rings is 3. The van der Waals surface area contributed by atoms with Gasteiger partial charge < -0.3 is 0 Å². The molecule has 0 radical (unpaired) electrons. The lowest BCUT2D eigenvalue weighted by Crippen LogP contribution is -2.28. The van der Waals surface area contributed by atoms with Crippen molar-refractivity contribution in [1.29, 1.82) is 0 Å². The van der Waals surface area contributed by atoms with Crippen LogP contribution in [0.25, 0.3) is 0 Å². The molecule has 27 heavy (non-hydrogen) atoms. The Labute approximate surface area is 172 Å². The highest BCUT2D eigenvalue weighted by Gasteiger charge is 2.25. The average molecular weight is 440 g/mol. The van der Waals surface area contributed by atoms with Crippen molar-refractivity contribution in [2.45, 2.75) is 16.4 Å². The van der Waals surface area contributed by atoms with Gasteiger partial charge in [0.1, 0.15) is 0 Å². The van der Waals surface area contributed by atoms with Crippen molar-refractivity contribution in [3.05, 3.63) is 94.5 Å². The maximum absolute atomic E-state index is 13.0. The van der Waals surface area contributed by atoms with Gasteiger partial charge in [-0.25, -0.2) is 8.42 Å². The molecule has 3 rings (SSSR count). The zero-order valence-corrected chi connectivity index (χ0v) is 17.1. The summed E-state index contributed by atoms with van der Waals surface area (Å²) in [5, 5.41) is 1.04. The Hall–Kier alpha value is -1.54. The van der Waals surface area contributed by atoms with Crippen LogP contribution in [-0.4, -0.2) is 12.3 Å². The molecule has 140 valence electrons. The molecule has 0 aliphatic heterocycles. The minimum atomic E-state index is -1.82. The lowest BCUT2D eigenvalue weighted by atomic mass is 10.2. The third kappa shape index (κ3) is 5.48. The van der Waals surface area contributed by atoms with Crippen LogP contribution in [0.15, 0.2) is 88.7 Å². The monoisotopic (exact) mass is 439 g/mol. The van der Waals surface area contributed by atoms with Crippen LogP contribution >= 0.6 is 23.2 Å². The van der Waals surface area contributed by atoms with Crippen LogP contribution in [0.2, 0.25) is 10.0 Å². The summed E-state index contributed by atoms with van der Waals surface area (Å²) in [5.41, 5.74) is 0.865. The summed E-state index contributed by atoms with van der Waals surface area (Å²) in [6.45, 7) is 0.125. The van der Waals surface area contributed by atoms with Gasteiger partial charge in [-0.15, -0.1) is 0 Å². The summed E-state index contributed by atoms with van der Waals surface area (Å²) in [6, 6.07) is 22.3. The number of nitrogens with zero attached hydrogens (tertiary/aromatic N) is 1. The fourth-order valence-electron chi connectivity index (χ4n) is 2.13. The molecule has 0 spiro atoms. The fourth-order valence-corrected chi connectivity index (χ4v) is 4.77. The third-order valence-electron chi connectivity index (χ3n) is 3.48. The molecule has 0 N–H and O–H groups in total. The van der Waals surface area contributed by atoms with Crippen molar-refractivity contribution in [2.24, 2.45) is 0 Å². The second-order valence-electron chi connectivity index (χ2n) is 5.39. The topological polar surface area (TPSA) is 46.6 Å². The Morgan fingerprint density at radius 2 is 1.15 bits per heavy atom. The normalized spacial score (nSPS) is 13.4. The molecule has 0 fully saturated rings. The van der Waals surface area contributed by atoms with Gasteiger partial charge in [0, 0.05) is 10.0 Å². The molecule has 4 nitrogen and oxygen atoms in total. The summed E-state index contributed by atoms with van der Waals surface area (Å²) < 4.78 is 27.0. The van der Waals surface area contributed by atoms with E-state index < -0.39 is 22.0 Å². The highest BCUT2D eigenvalue weighted by Crippen LogP contribution is 2.22. The molecule has 0 heterocycles. The van der Waals surface area contributed by atoms with Gasteiger partial charge in [-0.2, -0.15) is 0 Å². The molecular formula is C19H15Cl2NO3S2. The van der Waals surface area contributed by atoms with Crippen LogP contribution in [-0.2, 0) is 33.4 Å². The standard InChI is InChI=1S/C19H15Cl2NO3S2/c20-16-6-10-18(11-7-16)26(23)22(25-14-15-4-2-1-3-5-15)27(24)19-12-8-17(21)9-13-19/h1-13H,14H2. The van der Waals surface area contributed by atoms with Crippen molar-refractivity contribution in [3.63, 3.8) is 0 Å². The molecule has 0 aliphatic rings. The van der Waals surface area contributed by atoms with Crippen LogP contribution in [0, 0.1) is 0 Å². The summed E-state index contributed by atoms with van der Waals surface area (Å²) in [5.74, 6) is 0. The van der Waals surface area contributed by atoms with E-state index in [-0.39, 0.29) is 6.61 Å². The van der Waals surface area contributed by atoms with Crippen molar-refractivity contribution in [2.75, 3.05) is 0 Å². The van der Waals surface area contributed by atoms with Gasteiger partial charge in [0.2, 0.25) is 0 Å². The summed E-state index contributed by atoms with van der Waals surface area (Å²) in [4.78, 5) is 6.54. The second kappa shape index (κ2) is 9.59. The Bertz CT molecular complexity index is 878. The predicted molar refractivity (Wildman–Crippen MR) is 109 cm³/mol. The van der Waals surface area contributed by atoms with E-state index in [0.717, 1.165) is 9.44 Å². The number of halogens is 2. The van der Waals surface area contributed by atoms with E-state index >= 15 is 0 Å². The summed E-state index contributed by atoms with van der Waals surface area (Å²) in [7, 11) is -3.64. The average Bonchev–Trinajstić information content (AvgIpc) is 2.69. The van der Waals surface area contributed by atoms with E-state index in [1.54, 1.807) is 48.5 Å².